The van der Waals surface area contributed by atoms with Gasteiger partial charge in [0.25, 0.3) is 0 Å². The molecule has 1 aliphatic heterocycles. The molecule has 0 saturated carbocycles. The Balaban J connectivity index is 1.88. The summed E-state index contributed by atoms with van der Waals surface area (Å²) in [5, 5.41) is 2.63. The van der Waals surface area contributed by atoms with Crippen molar-refractivity contribution in [1.82, 2.24) is 4.90 Å². The number of carbonyl (C=O) groups is 2. The monoisotopic (exact) mass is 289 g/mol. The molecule has 21 heavy (non-hydrogen) atoms. The third-order valence-electron chi connectivity index (χ3n) is 3.67. The molecular weight excluding hydrogens is 266 g/mol. The summed E-state index contributed by atoms with van der Waals surface area (Å²) in [5.41, 5.74) is 1.92. The maximum Gasteiger partial charge on any atom is 0.222 e. The van der Waals surface area contributed by atoms with E-state index in [9.17, 15) is 9.59 Å². The molecule has 0 atom stereocenters. The van der Waals surface area contributed by atoms with Crippen LogP contribution in [0.4, 0.5) is 11.4 Å². The van der Waals surface area contributed by atoms with Gasteiger partial charge in [0.05, 0.1) is 0 Å². The van der Waals surface area contributed by atoms with Crippen molar-refractivity contribution in [2.75, 3.05) is 36.4 Å². The summed E-state index contributed by atoms with van der Waals surface area (Å²) in [6.07, 6.45) is 1.31. The van der Waals surface area contributed by atoms with E-state index in [1.54, 1.807) is 0 Å². The summed E-state index contributed by atoms with van der Waals surface area (Å²) in [4.78, 5) is 26.6. The number of amides is 2. The van der Waals surface area contributed by atoms with Crippen LogP contribution >= 0.6 is 0 Å². The molecule has 1 heterocycles. The molecule has 1 fully saturated rings. The predicted molar refractivity (Wildman–Crippen MR) is 84.4 cm³/mol. The van der Waals surface area contributed by atoms with Crippen molar-refractivity contribution in [1.29, 1.82) is 0 Å². The molecule has 1 saturated heterocycles. The van der Waals surface area contributed by atoms with Gasteiger partial charge in [0.2, 0.25) is 12.3 Å². The van der Waals surface area contributed by atoms with E-state index in [-0.39, 0.29) is 5.91 Å². The van der Waals surface area contributed by atoms with E-state index in [1.807, 2.05) is 29.2 Å². The highest BCUT2D eigenvalue weighted by Gasteiger charge is 2.21. The maximum atomic E-state index is 12.0. The van der Waals surface area contributed by atoms with Crippen molar-refractivity contribution in [3.8, 4) is 0 Å². The summed E-state index contributed by atoms with van der Waals surface area (Å²) in [6.45, 7) is 7.40. The fourth-order valence-electron chi connectivity index (χ4n) is 2.53. The van der Waals surface area contributed by atoms with E-state index in [0.717, 1.165) is 37.6 Å². The van der Waals surface area contributed by atoms with Crippen LogP contribution in [0.5, 0.6) is 0 Å². The minimum absolute atomic E-state index is 0.259. The smallest absolute Gasteiger partial charge is 0.222 e. The molecule has 0 aliphatic carbocycles. The van der Waals surface area contributed by atoms with Gasteiger partial charge in [-0.25, -0.2) is 0 Å². The first-order valence-electron chi connectivity index (χ1n) is 7.43. The number of hydrogen-bond acceptors (Lipinski definition) is 3. The number of anilines is 2. The molecule has 0 spiro atoms. The van der Waals surface area contributed by atoms with E-state index >= 15 is 0 Å². The third kappa shape index (κ3) is 4.21. The highest BCUT2D eigenvalue weighted by Crippen LogP contribution is 2.19. The van der Waals surface area contributed by atoms with E-state index < -0.39 is 0 Å². The van der Waals surface area contributed by atoms with Crippen LogP contribution in [0.1, 0.15) is 20.3 Å². The Bertz CT molecular complexity index is 477. The Hall–Kier alpha value is -2.04. The number of nitrogens with one attached hydrogen (secondary N) is 1. The standard InChI is InChI=1S/C16H23N3O2/c1-13(2)11-16(21)19-9-7-18(8-10-19)15-5-3-14(4-6-15)17-12-20/h3-6,12-13H,7-11H2,1-2H3,(H,17,20). The van der Waals surface area contributed by atoms with E-state index in [0.29, 0.717) is 18.7 Å². The van der Waals surface area contributed by atoms with E-state index in [2.05, 4.69) is 24.1 Å². The zero-order valence-corrected chi connectivity index (χ0v) is 12.7. The normalized spacial score (nSPS) is 15.2. The first-order chi connectivity index (χ1) is 10.1. The highest BCUT2D eigenvalue weighted by atomic mass is 16.2. The molecule has 0 unspecified atom stereocenters. The van der Waals surface area contributed by atoms with Gasteiger partial charge in [-0.1, -0.05) is 13.8 Å². The zero-order valence-electron chi connectivity index (χ0n) is 12.7. The van der Waals surface area contributed by atoms with Crippen LogP contribution in [0.15, 0.2) is 24.3 Å². The van der Waals surface area contributed by atoms with Gasteiger partial charge >= 0.3 is 0 Å². The van der Waals surface area contributed by atoms with Gasteiger partial charge < -0.3 is 15.1 Å². The molecule has 2 amide bonds. The predicted octanol–water partition coefficient (Wildman–Crippen LogP) is 1.95. The Morgan fingerprint density at radius 2 is 1.81 bits per heavy atom. The number of hydrogen-bond donors (Lipinski definition) is 1. The quantitative estimate of drug-likeness (QED) is 0.843. The Morgan fingerprint density at radius 1 is 1.19 bits per heavy atom. The Kier molecular flexibility index (Phi) is 5.20. The number of piperazine rings is 1. The number of carbonyl (C=O) groups excluding carboxylic acids is 2. The van der Waals surface area contributed by atoms with E-state index in [1.165, 1.54) is 0 Å². The van der Waals surface area contributed by atoms with Gasteiger partial charge in [0, 0.05) is 44.0 Å². The van der Waals surface area contributed by atoms with Gasteiger partial charge in [0.15, 0.2) is 0 Å². The van der Waals surface area contributed by atoms with Gasteiger partial charge in [-0.3, -0.25) is 9.59 Å². The molecule has 0 aromatic heterocycles. The summed E-state index contributed by atoms with van der Waals surface area (Å²) in [5.74, 6) is 0.670. The van der Waals surface area contributed by atoms with Crippen LogP contribution in [0.2, 0.25) is 0 Å². The second kappa shape index (κ2) is 7.11. The molecule has 5 heteroatoms. The van der Waals surface area contributed by atoms with Crippen molar-refractivity contribution < 1.29 is 9.59 Å². The summed E-state index contributed by atoms with van der Waals surface area (Å²) in [6, 6.07) is 7.77. The molecule has 1 N–H and O–H groups in total. The second-order valence-electron chi connectivity index (χ2n) is 5.77. The van der Waals surface area contributed by atoms with Crippen molar-refractivity contribution in [2.24, 2.45) is 5.92 Å². The van der Waals surface area contributed by atoms with Crippen molar-refractivity contribution >= 4 is 23.7 Å². The van der Waals surface area contributed by atoms with Gasteiger partial charge in [-0.2, -0.15) is 0 Å². The van der Waals surface area contributed by atoms with Gasteiger partial charge in [-0.05, 0) is 30.2 Å². The Morgan fingerprint density at radius 3 is 2.33 bits per heavy atom. The van der Waals surface area contributed by atoms with Gasteiger partial charge in [-0.15, -0.1) is 0 Å². The molecule has 1 aliphatic rings. The molecular formula is C16H23N3O2. The van der Waals surface area contributed by atoms with Crippen molar-refractivity contribution in [2.45, 2.75) is 20.3 Å². The fraction of sp³-hybridized carbons (Fsp3) is 0.500. The highest BCUT2D eigenvalue weighted by molar-refractivity contribution is 5.77. The number of nitrogens with zero attached hydrogens (tertiary/aromatic N) is 2. The molecule has 5 nitrogen and oxygen atoms in total. The lowest BCUT2D eigenvalue weighted by Gasteiger charge is -2.36. The topological polar surface area (TPSA) is 52.7 Å². The largest absolute Gasteiger partial charge is 0.368 e. The second-order valence-corrected chi connectivity index (χ2v) is 5.77. The van der Waals surface area contributed by atoms with Crippen molar-refractivity contribution in [3.63, 3.8) is 0 Å². The SMILES string of the molecule is CC(C)CC(=O)N1CCN(c2ccc(NC=O)cc2)CC1. The van der Waals surface area contributed by atoms with E-state index in [4.69, 9.17) is 0 Å². The summed E-state index contributed by atoms with van der Waals surface area (Å²) < 4.78 is 0. The zero-order chi connectivity index (χ0) is 15.2. The van der Waals surface area contributed by atoms with Crippen LogP contribution < -0.4 is 10.2 Å². The minimum atomic E-state index is 0.259. The first-order valence-corrected chi connectivity index (χ1v) is 7.43. The van der Waals surface area contributed by atoms with Crippen LogP contribution in [0.25, 0.3) is 0 Å². The van der Waals surface area contributed by atoms with Crippen LogP contribution in [0, 0.1) is 5.92 Å². The molecule has 1 aromatic rings. The molecule has 114 valence electrons. The van der Waals surface area contributed by atoms with Gasteiger partial charge in [0.1, 0.15) is 0 Å². The van der Waals surface area contributed by atoms with Crippen LogP contribution in [-0.2, 0) is 9.59 Å². The molecule has 2 rings (SSSR count). The summed E-state index contributed by atoms with van der Waals surface area (Å²) in [7, 11) is 0. The molecule has 0 radical (unpaired) electrons. The Labute approximate surface area is 125 Å². The minimum Gasteiger partial charge on any atom is -0.368 e. The van der Waals surface area contributed by atoms with Crippen LogP contribution in [-0.4, -0.2) is 43.4 Å². The number of benzene rings is 1. The fourth-order valence-corrected chi connectivity index (χ4v) is 2.53. The average molecular weight is 289 g/mol. The van der Waals surface area contributed by atoms with Crippen LogP contribution in [0.3, 0.4) is 0 Å². The number of rotatable bonds is 5. The third-order valence-corrected chi connectivity index (χ3v) is 3.67. The molecule has 1 aromatic carbocycles. The lowest BCUT2D eigenvalue weighted by atomic mass is 10.1. The van der Waals surface area contributed by atoms with Crippen molar-refractivity contribution in [3.05, 3.63) is 24.3 Å². The summed E-state index contributed by atoms with van der Waals surface area (Å²) >= 11 is 0. The molecule has 0 bridgehead atoms. The maximum absolute atomic E-state index is 12.0. The average Bonchev–Trinajstić information content (AvgIpc) is 2.48. The first kappa shape index (κ1) is 15.4. The lowest BCUT2D eigenvalue weighted by Crippen LogP contribution is -2.49. The lowest BCUT2D eigenvalue weighted by molar-refractivity contribution is -0.132.